The van der Waals surface area contributed by atoms with E-state index in [-0.39, 0.29) is 48.7 Å². The summed E-state index contributed by atoms with van der Waals surface area (Å²) in [5.74, 6) is 1.80. The number of benzene rings is 1. The Balaban J connectivity index is 0.00000171. The van der Waals surface area contributed by atoms with Gasteiger partial charge in [0, 0.05) is 43.0 Å². The molecule has 2 saturated heterocycles. The van der Waals surface area contributed by atoms with Crippen LogP contribution in [-0.4, -0.2) is 64.9 Å². The molecule has 174 valence electrons. The molecule has 2 fully saturated rings. The minimum Gasteiger partial charge on any atom is -0.396 e. The summed E-state index contributed by atoms with van der Waals surface area (Å²) in [5, 5.41) is 9.89. The number of aromatic nitrogens is 2. The number of halogens is 2. The standard InChI is InChI=1S/C22H32N4O3.2ClH/c1-15(2)8-20-24-18-5-4-16(9-19(18)26(20)7-3-6-23)21(28)25-10-17-11-29-14-22(17,12-25)13-27;;/h4-5,9,15,17,27H,3,6-8,10-14,23H2,1-2H3;2*1H/t17-,22-;;/m0../s1. The van der Waals surface area contributed by atoms with Gasteiger partial charge in [-0.25, -0.2) is 4.98 Å². The van der Waals surface area contributed by atoms with Crippen LogP contribution in [0.25, 0.3) is 11.0 Å². The Hall–Kier alpha value is -1.38. The van der Waals surface area contributed by atoms with Crippen molar-refractivity contribution in [3.8, 4) is 0 Å². The highest BCUT2D eigenvalue weighted by atomic mass is 35.5. The van der Waals surface area contributed by atoms with E-state index < -0.39 is 0 Å². The number of aryl methyl sites for hydroxylation is 1. The first-order valence-corrected chi connectivity index (χ1v) is 10.6. The predicted molar refractivity (Wildman–Crippen MR) is 126 cm³/mol. The van der Waals surface area contributed by atoms with Crippen LogP contribution < -0.4 is 5.73 Å². The van der Waals surface area contributed by atoms with Crippen molar-refractivity contribution in [2.45, 2.75) is 33.2 Å². The van der Waals surface area contributed by atoms with Crippen LogP contribution in [-0.2, 0) is 17.7 Å². The molecule has 3 N–H and O–H groups in total. The third-order valence-electron chi connectivity index (χ3n) is 6.37. The van der Waals surface area contributed by atoms with Crippen molar-refractivity contribution in [1.29, 1.82) is 0 Å². The molecule has 7 nitrogen and oxygen atoms in total. The molecule has 2 aliphatic heterocycles. The molecule has 0 spiro atoms. The monoisotopic (exact) mass is 472 g/mol. The highest BCUT2D eigenvalue weighted by Crippen LogP contribution is 2.41. The zero-order valence-corrected chi connectivity index (χ0v) is 19.9. The van der Waals surface area contributed by atoms with Crippen molar-refractivity contribution in [2.24, 2.45) is 23.0 Å². The summed E-state index contributed by atoms with van der Waals surface area (Å²) in [6, 6.07) is 5.80. The number of aliphatic hydroxyl groups excluding tert-OH is 1. The van der Waals surface area contributed by atoms with Crippen LogP contribution in [0.2, 0.25) is 0 Å². The molecule has 1 aromatic heterocycles. The predicted octanol–water partition coefficient (Wildman–Crippen LogP) is 2.51. The first-order valence-electron chi connectivity index (χ1n) is 10.6. The quantitative estimate of drug-likeness (QED) is 0.645. The number of ether oxygens (including phenoxy) is 1. The highest BCUT2D eigenvalue weighted by Gasteiger charge is 2.51. The Labute approximate surface area is 196 Å². The van der Waals surface area contributed by atoms with Gasteiger partial charge in [-0.3, -0.25) is 4.79 Å². The van der Waals surface area contributed by atoms with Crippen LogP contribution >= 0.6 is 24.8 Å². The van der Waals surface area contributed by atoms with Gasteiger partial charge in [-0.15, -0.1) is 24.8 Å². The lowest BCUT2D eigenvalue weighted by atomic mass is 9.82. The van der Waals surface area contributed by atoms with Crippen LogP contribution in [0.5, 0.6) is 0 Å². The van der Waals surface area contributed by atoms with Gasteiger partial charge in [0.05, 0.1) is 30.9 Å². The maximum absolute atomic E-state index is 13.2. The normalized spacial score (nSPS) is 22.5. The van der Waals surface area contributed by atoms with E-state index in [2.05, 4.69) is 18.4 Å². The lowest BCUT2D eigenvalue weighted by Gasteiger charge is -2.24. The number of carbonyl (C=O) groups excluding carboxylic acids is 1. The van der Waals surface area contributed by atoms with E-state index in [4.69, 9.17) is 15.5 Å². The van der Waals surface area contributed by atoms with Crippen LogP contribution in [0.4, 0.5) is 0 Å². The number of hydrogen-bond acceptors (Lipinski definition) is 5. The van der Waals surface area contributed by atoms with Crippen molar-refractivity contribution < 1.29 is 14.6 Å². The van der Waals surface area contributed by atoms with E-state index in [0.717, 1.165) is 36.2 Å². The molecule has 0 aliphatic carbocycles. The molecule has 1 aromatic carbocycles. The van der Waals surface area contributed by atoms with Crippen LogP contribution in [0, 0.1) is 17.3 Å². The molecule has 9 heteroatoms. The SMILES string of the molecule is CC(C)Cc1nc2ccc(C(=O)N3C[C@H]4COC[C@@]4(CO)C3)cc2n1CCCN.Cl.Cl. The summed E-state index contributed by atoms with van der Waals surface area (Å²) in [6.45, 7) is 8.21. The lowest BCUT2D eigenvalue weighted by Crippen LogP contribution is -2.36. The smallest absolute Gasteiger partial charge is 0.253 e. The maximum atomic E-state index is 13.2. The Morgan fingerprint density at radius 1 is 1.39 bits per heavy atom. The first kappa shape index (κ1) is 25.9. The molecule has 0 bridgehead atoms. The van der Waals surface area contributed by atoms with Gasteiger partial charge in [0.1, 0.15) is 5.82 Å². The van der Waals surface area contributed by atoms with E-state index in [0.29, 0.717) is 44.3 Å². The van der Waals surface area contributed by atoms with Crippen LogP contribution in [0.3, 0.4) is 0 Å². The number of imidazole rings is 1. The number of carbonyl (C=O) groups is 1. The third-order valence-corrected chi connectivity index (χ3v) is 6.37. The Kier molecular flexibility index (Phi) is 8.76. The van der Waals surface area contributed by atoms with E-state index in [9.17, 15) is 9.90 Å². The van der Waals surface area contributed by atoms with Crippen LogP contribution in [0.1, 0.15) is 36.5 Å². The molecule has 0 saturated carbocycles. The van der Waals surface area contributed by atoms with Crippen molar-refractivity contribution in [2.75, 3.05) is 39.5 Å². The molecule has 0 unspecified atom stereocenters. The van der Waals surface area contributed by atoms with Gasteiger partial charge >= 0.3 is 0 Å². The zero-order chi connectivity index (χ0) is 20.6. The summed E-state index contributed by atoms with van der Waals surface area (Å²) >= 11 is 0. The van der Waals surface area contributed by atoms with Gasteiger partial charge in [-0.1, -0.05) is 13.8 Å². The van der Waals surface area contributed by atoms with Crippen molar-refractivity contribution in [3.05, 3.63) is 29.6 Å². The van der Waals surface area contributed by atoms with Gasteiger partial charge < -0.3 is 25.0 Å². The fourth-order valence-corrected chi connectivity index (χ4v) is 4.72. The van der Waals surface area contributed by atoms with E-state index in [1.807, 2.05) is 23.1 Å². The molecule has 2 atom stereocenters. The van der Waals surface area contributed by atoms with Gasteiger partial charge in [-0.05, 0) is 37.1 Å². The first-order chi connectivity index (χ1) is 14.0. The molecule has 3 heterocycles. The average Bonchev–Trinajstić information content (AvgIpc) is 3.35. The molecule has 0 radical (unpaired) electrons. The largest absolute Gasteiger partial charge is 0.396 e. The molecular weight excluding hydrogens is 439 g/mol. The molecule has 31 heavy (non-hydrogen) atoms. The maximum Gasteiger partial charge on any atom is 0.253 e. The Morgan fingerprint density at radius 3 is 2.81 bits per heavy atom. The summed E-state index contributed by atoms with van der Waals surface area (Å²) in [4.78, 5) is 19.9. The number of aliphatic hydroxyl groups is 1. The fourth-order valence-electron chi connectivity index (χ4n) is 4.72. The van der Waals surface area contributed by atoms with E-state index in [1.54, 1.807) is 0 Å². The Morgan fingerprint density at radius 2 is 2.16 bits per heavy atom. The Bertz CT molecular complexity index is 904. The van der Waals surface area contributed by atoms with Gasteiger partial charge in [-0.2, -0.15) is 0 Å². The van der Waals surface area contributed by atoms with E-state index >= 15 is 0 Å². The minimum atomic E-state index is -0.299. The second-order valence-corrected chi connectivity index (χ2v) is 9.04. The van der Waals surface area contributed by atoms with Crippen molar-refractivity contribution >= 4 is 41.8 Å². The number of fused-ring (bicyclic) bond motifs is 2. The topological polar surface area (TPSA) is 93.6 Å². The molecular formula is C22H34Cl2N4O3. The molecule has 4 rings (SSSR count). The van der Waals surface area contributed by atoms with Gasteiger partial charge in [0.2, 0.25) is 0 Å². The number of rotatable bonds is 7. The number of hydrogen-bond donors (Lipinski definition) is 2. The number of nitrogens with two attached hydrogens (primary N) is 1. The molecule has 2 aliphatic rings. The second-order valence-electron chi connectivity index (χ2n) is 9.04. The summed E-state index contributed by atoms with van der Waals surface area (Å²) in [5.41, 5.74) is 8.05. The average molecular weight is 473 g/mol. The molecule has 1 amide bonds. The summed E-state index contributed by atoms with van der Waals surface area (Å²) < 4.78 is 7.79. The lowest BCUT2D eigenvalue weighted by molar-refractivity contribution is 0.0631. The van der Waals surface area contributed by atoms with Gasteiger partial charge in [0.25, 0.3) is 5.91 Å². The van der Waals surface area contributed by atoms with Gasteiger partial charge in [0.15, 0.2) is 0 Å². The molecule has 2 aromatic rings. The summed E-state index contributed by atoms with van der Waals surface area (Å²) in [6.07, 6.45) is 1.77. The third kappa shape index (κ3) is 4.86. The number of amides is 1. The van der Waals surface area contributed by atoms with E-state index in [1.165, 1.54) is 0 Å². The zero-order valence-electron chi connectivity index (χ0n) is 18.2. The fraction of sp³-hybridized carbons (Fsp3) is 0.636. The summed E-state index contributed by atoms with van der Waals surface area (Å²) in [7, 11) is 0. The minimum absolute atomic E-state index is 0. The van der Waals surface area contributed by atoms with Crippen molar-refractivity contribution in [1.82, 2.24) is 14.5 Å². The second kappa shape index (κ2) is 10.5. The number of likely N-dealkylation sites (tertiary alicyclic amines) is 1. The highest BCUT2D eigenvalue weighted by molar-refractivity contribution is 5.97. The van der Waals surface area contributed by atoms with Crippen LogP contribution in [0.15, 0.2) is 18.2 Å². The number of nitrogens with zero attached hydrogens (tertiary/aromatic N) is 3. The van der Waals surface area contributed by atoms with Crippen molar-refractivity contribution in [3.63, 3.8) is 0 Å².